The highest BCUT2D eigenvalue weighted by Crippen LogP contribution is 2.18. The molecule has 0 unspecified atom stereocenters. The maximum Gasteiger partial charge on any atom is 0.214 e. The fourth-order valence-corrected chi connectivity index (χ4v) is 3.05. The maximum atomic E-state index is 5.58. The summed E-state index contributed by atoms with van der Waals surface area (Å²) in [5, 5.41) is 6.56. The predicted molar refractivity (Wildman–Crippen MR) is 119 cm³/mol. The number of aliphatic imine (C=N–C) groups is 1. The van der Waals surface area contributed by atoms with Crippen molar-refractivity contribution in [3.05, 3.63) is 41.2 Å². The molecule has 27 heavy (non-hydrogen) atoms. The number of guanidine groups is 1. The highest BCUT2D eigenvalue weighted by Gasteiger charge is 2.12. The van der Waals surface area contributed by atoms with Gasteiger partial charge in [-0.05, 0) is 50.8 Å². The van der Waals surface area contributed by atoms with Crippen molar-refractivity contribution in [2.24, 2.45) is 4.99 Å². The first kappa shape index (κ1) is 21.5. The summed E-state index contributed by atoms with van der Waals surface area (Å²) in [5.74, 6) is 3.30. The van der Waals surface area contributed by atoms with Gasteiger partial charge in [-0.1, -0.05) is 0 Å². The zero-order valence-corrected chi connectivity index (χ0v) is 18.6. The van der Waals surface area contributed by atoms with Crippen molar-refractivity contribution < 1.29 is 4.42 Å². The number of halogens is 1. The first-order chi connectivity index (χ1) is 12.7. The number of pyridine rings is 1. The van der Waals surface area contributed by atoms with Gasteiger partial charge in [-0.3, -0.25) is 4.99 Å². The molecule has 2 aromatic rings. The molecule has 1 saturated heterocycles. The van der Waals surface area contributed by atoms with Gasteiger partial charge >= 0.3 is 0 Å². The molecule has 8 heteroatoms. The van der Waals surface area contributed by atoms with Crippen LogP contribution in [0, 0.1) is 13.8 Å². The Morgan fingerprint density at radius 1 is 1.19 bits per heavy atom. The van der Waals surface area contributed by atoms with Crippen LogP contribution in [-0.2, 0) is 13.1 Å². The Balaban J connectivity index is 0.00000261. The SMILES string of the molecule is CN=C(NCc1ccnc(N2CCCCC2)c1)NCc1nc(C)c(C)o1.I. The summed E-state index contributed by atoms with van der Waals surface area (Å²) in [6, 6.07) is 4.20. The van der Waals surface area contributed by atoms with E-state index in [4.69, 9.17) is 4.42 Å². The molecule has 1 aliphatic rings. The lowest BCUT2D eigenvalue weighted by Gasteiger charge is -2.28. The standard InChI is InChI=1S/C19H28N6O.HI/c1-14-15(2)26-18(24-14)13-23-19(20-3)22-12-16-7-8-21-17(11-16)25-9-5-4-6-10-25;/h7-8,11H,4-6,9-10,12-13H2,1-3H3,(H2,20,22,23);1H. The summed E-state index contributed by atoms with van der Waals surface area (Å²) in [4.78, 5) is 15.5. The van der Waals surface area contributed by atoms with Crippen molar-refractivity contribution in [2.75, 3.05) is 25.0 Å². The quantitative estimate of drug-likeness (QED) is 0.386. The van der Waals surface area contributed by atoms with Crippen LogP contribution in [0.5, 0.6) is 0 Å². The van der Waals surface area contributed by atoms with Gasteiger partial charge in [-0.25, -0.2) is 9.97 Å². The lowest BCUT2D eigenvalue weighted by atomic mass is 10.1. The molecule has 0 radical (unpaired) electrons. The molecule has 2 N–H and O–H groups in total. The molecule has 1 aliphatic heterocycles. The van der Waals surface area contributed by atoms with Gasteiger partial charge in [0, 0.05) is 32.9 Å². The van der Waals surface area contributed by atoms with E-state index in [9.17, 15) is 0 Å². The molecule has 2 aromatic heterocycles. The summed E-state index contributed by atoms with van der Waals surface area (Å²) in [6.45, 7) is 7.25. The van der Waals surface area contributed by atoms with E-state index >= 15 is 0 Å². The minimum absolute atomic E-state index is 0. The molecule has 3 rings (SSSR count). The molecular formula is C19H29IN6O. The minimum atomic E-state index is 0. The molecule has 3 heterocycles. The maximum absolute atomic E-state index is 5.58. The predicted octanol–water partition coefficient (Wildman–Crippen LogP) is 3.16. The Morgan fingerprint density at radius 2 is 1.93 bits per heavy atom. The molecule has 1 fully saturated rings. The van der Waals surface area contributed by atoms with Gasteiger partial charge in [0.05, 0.1) is 12.2 Å². The first-order valence-electron chi connectivity index (χ1n) is 9.23. The number of oxazole rings is 1. The molecule has 0 amide bonds. The average molecular weight is 484 g/mol. The van der Waals surface area contributed by atoms with Gasteiger partial charge in [0.25, 0.3) is 0 Å². The van der Waals surface area contributed by atoms with Crippen LogP contribution in [0.1, 0.15) is 42.2 Å². The van der Waals surface area contributed by atoms with Crippen LogP contribution in [-0.4, -0.2) is 36.1 Å². The largest absolute Gasteiger partial charge is 0.444 e. The highest BCUT2D eigenvalue weighted by molar-refractivity contribution is 14.0. The van der Waals surface area contributed by atoms with E-state index in [0.29, 0.717) is 19.0 Å². The lowest BCUT2D eigenvalue weighted by Crippen LogP contribution is -2.36. The van der Waals surface area contributed by atoms with E-state index in [1.807, 2.05) is 26.1 Å². The van der Waals surface area contributed by atoms with Crippen LogP contribution >= 0.6 is 24.0 Å². The van der Waals surface area contributed by atoms with E-state index in [1.54, 1.807) is 7.05 Å². The number of aryl methyl sites for hydroxylation is 2. The van der Waals surface area contributed by atoms with E-state index in [0.717, 1.165) is 36.3 Å². The van der Waals surface area contributed by atoms with E-state index in [2.05, 4.69) is 36.6 Å². The second-order valence-corrected chi connectivity index (χ2v) is 6.60. The van der Waals surface area contributed by atoms with Gasteiger partial charge in [0.1, 0.15) is 11.6 Å². The van der Waals surface area contributed by atoms with Crippen LogP contribution in [0.2, 0.25) is 0 Å². The number of hydrogen-bond donors (Lipinski definition) is 2. The molecule has 0 spiro atoms. The molecule has 0 aliphatic carbocycles. The summed E-state index contributed by atoms with van der Waals surface area (Å²) in [7, 11) is 1.76. The van der Waals surface area contributed by atoms with E-state index in [1.165, 1.54) is 24.8 Å². The number of nitrogens with zero attached hydrogens (tertiary/aromatic N) is 4. The Labute approximate surface area is 178 Å². The van der Waals surface area contributed by atoms with Crippen LogP contribution in [0.25, 0.3) is 0 Å². The number of rotatable bonds is 5. The minimum Gasteiger partial charge on any atom is -0.444 e. The second kappa shape index (κ2) is 10.5. The van der Waals surface area contributed by atoms with Crippen LogP contribution < -0.4 is 15.5 Å². The monoisotopic (exact) mass is 484 g/mol. The van der Waals surface area contributed by atoms with Crippen LogP contribution in [0.3, 0.4) is 0 Å². The van der Waals surface area contributed by atoms with Crippen LogP contribution in [0.15, 0.2) is 27.7 Å². The molecule has 0 saturated carbocycles. The Morgan fingerprint density at radius 3 is 2.59 bits per heavy atom. The van der Waals surface area contributed by atoms with Crippen LogP contribution in [0.4, 0.5) is 5.82 Å². The van der Waals surface area contributed by atoms with Gasteiger partial charge < -0.3 is 20.0 Å². The fraction of sp³-hybridized carbons (Fsp3) is 0.526. The summed E-state index contributed by atoms with van der Waals surface area (Å²) in [6.07, 6.45) is 5.71. The lowest BCUT2D eigenvalue weighted by molar-refractivity contribution is 0.463. The molecule has 148 valence electrons. The average Bonchev–Trinajstić information content (AvgIpc) is 3.00. The third-order valence-electron chi connectivity index (χ3n) is 4.65. The Hall–Kier alpha value is -1.84. The zero-order valence-electron chi connectivity index (χ0n) is 16.3. The second-order valence-electron chi connectivity index (χ2n) is 6.60. The van der Waals surface area contributed by atoms with E-state index < -0.39 is 0 Å². The topological polar surface area (TPSA) is 78.6 Å². The van der Waals surface area contributed by atoms with Crippen molar-refractivity contribution in [3.63, 3.8) is 0 Å². The Kier molecular flexibility index (Phi) is 8.33. The Bertz CT molecular complexity index is 735. The van der Waals surface area contributed by atoms with Gasteiger partial charge in [0.2, 0.25) is 5.89 Å². The number of hydrogen-bond acceptors (Lipinski definition) is 5. The zero-order chi connectivity index (χ0) is 18.4. The van der Waals surface area contributed by atoms with Crippen molar-refractivity contribution in [1.82, 2.24) is 20.6 Å². The number of piperidine rings is 1. The van der Waals surface area contributed by atoms with Gasteiger partial charge in [0.15, 0.2) is 5.96 Å². The number of aromatic nitrogens is 2. The smallest absolute Gasteiger partial charge is 0.214 e. The van der Waals surface area contributed by atoms with Crippen molar-refractivity contribution in [1.29, 1.82) is 0 Å². The molecule has 0 bridgehead atoms. The molecular weight excluding hydrogens is 455 g/mol. The van der Waals surface area contributed by atoms with Gasteiger partial charge in [-0.15, -0.1) is 24.0 Å². The summed E-state index contributed by atoms with van der Waals surface area (Å²) < 4.78 is 5.58. The third-order valence-corrected chi connectivity index (χ3v) is 4.65. The summed E-state index contributed by atoms with van der Waals surface area (Å²) >= 11 is 0. The first-order valence-corrected chi connectivity index (χ1v) is 9.23. The normalized spacial score (nSPS) is 14.6. The van der Waals surface area contributed by atoms with Gasteiger partial charge in [-0.2, -0.15) is 0 Å². The van der Waals surface area contributed by atoms with Crippen molar-refractivity contribution in [3.8, 4) is 0 Å². The molecule has 7 nitrogen and oxygen atoms in total. The summed E-state index contributed by atoms with van der Waals surface area (Å²) in [5.41, 5.74) is 2.11. The van der Waals surface area contributed by atoms with Crippen molar-refractivity contribution in [2.45, 2.75) is 46.2 Å². The highest BCUT2D eigenvalue weighted by atomic mass is 127. The molecule has 0 aromatic carbocycles. The van der Waals surface area contributed by atoms with Crippen molar-refractivity contribution >= 4 is 35.8 Å². The molecule has 0 atom stereocenters. The fourth-order valence-electron chi connectivity index (χ4n) is 3.05. The third kappa shape index (κ3) is 6.08. The number of anilines is 1. The number of nitrogens with one attached hydrogen (secondary N) is 2. The van der Waals surface area contributed by atoms with E-state index in [-0.39, 0.29) is 24.0 Å².